The van der Waals surface area contributed by atoms with Crippen molar-refractivity contribution >= 4 is 11.6 Å². The van der Waals surface area contributed by atoms with Crippen LogP contribution in [0.5, 0.6) is 0 Å². The van der Waals surface area contributed by atoms with Crippen LogP contribution in [0.4, 0.5) is 5.69 Å². The van der Waals surface area contributed by atoms with Gasteiger partial charge in [-0.3, -0.25) is 4.79 Å². The molecule has 100 valence electrons. The van der Waals surface area contributed by atoms with E-state index < -0.39 is 0 Å². The van der Waals surface area contributed by atoms with Crippen molar-refractivity contribution in [1.29, 1.82) is 0 Å². The van der Waals surface area contributed by atoms with Crippen LogP contribution in [-0.2, 0) is 0 Å². The van der Waals surface area contributed by atoms with E-state index in [1.165, 1.54) is 32.1 Å². The Morgan fingerprint density at radius 1 is 1.39 bits per heavy atom. The van der Waals surface area contributed by atoms with Crippen molar-refractivity contribution in [2.45, 2.75) is 39.0 Å². The fourth-order valence-corrected chi connectivity index (χ4v) is 2.72. The Kier molecular flexibility index (Phi) is 4.28. The number of carbonyl (C=O) groups excluding carboxylic acids is 1. The maximum atomic E-state index is 11.8. The quantitative estimate of drug-likeness (QED) is 0.767. The number of aromatic nitrogens is 1. The van der Waals surface area contributed by atoms with Crippen molar-refractivity contribution in [2.75, 3.05) is 12.3 Å². The van der Waals surface area contributed by atoms with Gasteiger partial charge in [-0.15, -0.1) is 0 Å². The second kappa shape index (κ2) is 5.94. The highest BCUT2D eigenvalue weighted by Gasteiger charge is 2.20. The highest BCUT2D eigenvalue weighted by molar-refractivity contribution is 5.93. The monoisotopic (exact) mass is 249 g/mol. The molecule has 0 saturated heterocycles. The molecule has 18 heavy (non-hydrogen) atoms. The molecular formula is C14H23N3O. The molecule has 0 bridgehead atoms. The van der Waals surface area contributed by atoms with Crippen molar-refractivity contribution in [3.63, 3.8) is 0 Å². The summed E-state index contributed by atoms with van der Waals surface area (Å²) in [7, 11) is 0. The molecule has 0 radical (unpaired) electrons. The maximum Gasteiger partial charge on any atom is 0.267 e. The highest BCUT2D eigenvalue weighted by Crippen LogP contribution is 2.30. The Balaban J connectivity index is 1.74. The number of rotatable bonds is 4. The number of carbonyl (C=O) groups is 1. The van der Waals surface area contributed by atoms with Crippen molar-refractivity contribution < 1.29 is 4.79 Å². The lowest BCUT2D eigenvalue weighted by Gasteiger charge is -2.27. The van der Waals surface area contributed by atoms with Crippen LogP contribution in [0, 0.1) is 11.8 Å². The third kappa shape index (κ3) is 3.28. The van der Waals surface area contributed by atoms with Gasteiger partial charge in [0.05, 0.1) is 0 Å². The van der Waals surface area contributed by atoms with E-state index in [0.29, 0.717) is 17.3 Å². The maximum absolute atomic E-state index is 11.8. The zero-order valence-electron chi connectivity index (χ0n) is 11.0. The summed E-state index contributed by atoms with van der Waals surface area (Å²) in [6, 6.07) is 1.67. The molecule has 0 aromatic carbocycles. The fraction of sp³-hybridized carbons (Fsp3) is 0.643. The van der Waals surface area contributed by atoms with Gasteiger partial charge in [0, 0.05) is 18.4 Å². The lowest BCUT2D eigenvalue weighted by atomic mass is 9.81. The smallest absolute Gasteiger partial charge is 0.267 e. The molecule has 1 saturated carbocycles. The number of hydrogen-bond donors (Lipinski definition) is 3. The van der Waals surface area contributed by atoms with Gasteiger partial charge in [-0.1, -0.05) is 26.2 Å². The number of hydrogen-bond acceptors (Lipinski definition) is 2. The van der Waals surface area contributed by atoms with Crippen LogP contribution in [0.1, 0.15) is 49.5 Å². The molecule has 1 aliphatic carbocycles. The Hall–Kier alpha value is -1.45. The zero-order chi connectivity index (χ0) is 13.0. The summed E-state index contributed by atoms with van der Waals surface area (Å²) in [5.41, 5.74) is 6.73. The molecule has 4 N–H and O–H groups in total. The normalized spacial score (nSPS) is 23.8. The predicted octanol–water partition coefficient (Wildman–Crippen LogP) is 2.54. The third-order valence-electron chi connectivity index (χ3n) is 4.04. The van der Waals surface area contributed by atoms with Crippen LogP contribution >= 0.6 is 0 Å². The van der Waals surface area contributed by atoms with Gasteiger partial charge in [0.2, 0.25) is 0 Å². The Morgan fingerprint density at radius 3 is 2.61 bits per heavy atom. The number of amides is 1. The van der Waals surface area contributed by atoms with Crippen LogP contribution in [0.3, 0.4) is 0 Å². The van der Waals surface area contributed by atoms with E-state index in [9.17, 15) is 4.79 Å². The first-order valence-electron chi connectivity index (χ1n) is 6.91. The number of aromatic amines is 1. The Labute approximate surface area is 108 Å². The summed E-state index contributed by atoms with van der Waals surface area (Å²) in [6.07, 6.45) is 8.04. The fourth-order valence-electron chi connectivity index (χ4n) is 2.72. The molecule has 4 nitrogen and oxygen atoms in total. The lowest BCUT2D eigenvalue weighted by Crippen LogP contribution is -2.31. The molecule has 0 spiro atoms. The molecule has 1 amide bonds. The van der Waals surface area contributed by atoms with Gasteiger partial charge in [-0.05, 0) is 30.7 Å². The van der Waals surface area contributed by atoms with Crippen molar-refractivity contribution in [3.05, 3.63) is 18.0 Å². The van der Waals surface area contributed by atoms with Gasteiger partial charge in [-0.2, -0.15) is 0 Å². The topological polar surface area (TPSA) is 70.9 Å². The standard InChI is InChI=1S/C14H23N3O/c1-2-10-3-5-11(6-4-10)8-17-14(18)13-7-12(15)9-16-13/h7,9-11,16H,2-6,8,15H2,1H3,(H,17,18). The molecule has 1 heterocycles. The van der Waals surface area contributed by atoms with E-state index in [0.717, 1.165) is 12.5 Å². The number of anilines is 1. The molecule has 4 heteroatoms. The molecule has 0 aliphatic heterocycles. The molecule has 0 unspecified atom stereocenters. The Morgan fingerprint density at radius 2 is 2.06 bits per heavy atom. The number of nitrogens with one attached hydrogen (secondary N) is 2. The molecule has 2 rings (SSSR count). The summed E-state index contributed by atoms with van der Waals surface area (Å²) in [4.78, 5) is 14.7. The second-order valence-corrected chi connectivity index (χ2v) is 5.35. The van der Waals surface area contributed by atoms with E-state index in [4.69, 9.17) is 5.73 Å². The van der Waals surface area contributed by atoms with Crippen LogP contribution < -0.4 is 11.1 Å². The molecule has 1 aromatic rings. The number of H-pyrrole nitrogens is 1. The molecule has 1 aromatic heterocycles. The minimum absolute atomic E-state index is 0.0516. The van der Waals surface area contributed by atoms with E-state index in [1.807, 2.05) is 0 Å². The molecule has 1 aliphatic rings. The van der Waals surface area contributed by atoms with Crippen LogP contribution in [0.2, 0.25) is 0 Å². The summed E-state index contributed by atoms with van der Waals surface area (Å²) in [5, 5.41) is 2.99. The molecular weight excluding hydrogens is 226 g/mol. The van der Waals surface area contributed by atoms with E-state index >= 15 is 0 Å². The largest absolute Gasteiger partial charge is 0.397 e. The van der Waals surface area contributed by atoms with Gasteiger partial charge in [-0.25, -0.2) is 0 Å². The van der Waals surface area contributed by atoms with Crippen LogP contribution in [0.25, 0.3) is 0 Å². The van der Waals surface area contributed by atoms with Gasteiger partial charge >= 0.3 is 0 Å². The predicted molar refractivity (Wildman–Crippen MR) is 73.3 cm³/mol. The number of nitrogen functional groups attached to an aromatic ring is 1. The van der Waals surface area contributed by atoms with Crippen molar-refractivity contribution in [3.8, 4) is 0 Å². The van der Waals surface area contributed by atoms with Gasteiger partial charge in [0.1, 0.15) is 5.69 Å². The van der Waals surface area contributed by atoms with E-state index in [1.54, 1.807) is 12.3 Å². The summed E-state index contributed by atoms with van der Waals surface area (Å²) >= 11 is 0. The van der Waals surface area contributed by atoms with E-state index in [2.05, 4.69) is 17.2 Å². The van der Waals surface area contributed by atoms with Gasteiger partial charge < -0.3 is 16.0 Å². The van der Waals surface area contributed by atoms with Crippen molar-refractivity contribution in [1.82, 2.24) is 10.3 Å². The highest BCUT2D eigenvalue weighted by atomic mass is 16.1. The summed E-state index contributed by atoms with van der Waals surface area (Å²) in [5.74, 6) is 1.49. The second-order valence-electron chi connectivity index (χ2n) is 5.35. The average Bonchev–Trinajstić information content (AvgIpc) is 2.83. The molecule has 1 fully saturated rings. The number of nitrogens with two attached hydrogens (primary N) is 1. The first-order chi connectivity index (χ1) is 8.69. The van der Waals surface area contributed by atoms with Crippen LogP contribution in [0.15, 0.2) is 12.3 Å². The first-order valence-corrected chi connectivity index (χ1v) is 6.91. The average molecular weight is 249 g/mol. The zero-order valence-corrected chi connectivity index (χ0v) is 11.0. The minimum atomic E-state index is -0.0516. The lowest BCUT2D eigenvalue weighted by molar-refractivity contribution is 0.0937. The minimum Gasteiger partial charge on any atom is -0.397 e. The van der Waals surface area contributed by atoms with Crippen molar-refractivity contribution in [2.24, 2.45) is 11.8 Å². The summed E-state index contributed by atoms with van der Waals surface area (Å²) in [6.45, 7) is 3.05. The SMILES string of the molecule is CCC1CCC(CNC(=O)c2cc(N)c[nH]2)CC1. The summed E-state index contributed by atoms with van der Waals surface area (Å²) < 4.78 is 0. The van der Waals surface area contributed by atoms with Gasteiger partial charge in [0.25, 0.3) is 5.91 Å². The Bertz CT molecular complexity index is 391. The molecule has 0 atom stereocenters. The third-order valence-corrected chi connectivity index (χ3v) is 4.04. The van der Waals surface area contributed by atoms with Crippen LogP contribution in [-0.4, -0.2) is 17.4 Å². The van der Waals surface area contributed by atoms with E-state index in [-0.39, 0.29) is 5.91 Å². The first kappa shape index (κ1) is 13.0. The van der Waals surface area contributed by atoms with Gasteiger partial charge in [0.15, 0.2) is 0 Å².